The molecule has 12 heteroatoms. The van der Waals surface area contributed by atoms with E-state index in [1.165, 1.54) is 0 Å². The monoisotopic (exact) mass is 519 g/mol. The molecule has 2 fully saturated rings. The Bertz CT molecular complexity index is 1470. The number of ether oxygens (including phenoxy) is 3. The van der Waals surface area contributed by atoms with E-state index in [1.54, 1.807) is 10.9 Å². The van der Waals surface area contributed by atoms with E-state index < -0.39 is 6.04 Å². The van der Waals surface area contributed by atoms with Crippen molar-refractivity contribution in [1.29, 1.82) is 0 Å². The van der Waals surface area contributed by atoms with Crippen LogP contribution in [0.2, 0.25) is 0 Å². The molecule has 3 aliphatic rings. The fourth-order valence-electron chi connectivity index (χ4n) is 5.64. The second kappa shape index (κ2) is 9.86. The molecule has 12 nitrogen and oxygen atoms in total. The van der Waals surface area contributed by atoms with E-state index in [4.69, 9.17) is 18.6 Å². The highest BCUT2D eigenvalue weighted by Gasteiger charge is 2.34. The minimum atomic E-state index is -0.421. The summed E-state index contributed by atoms with van der Waals surface area (Å²) in [7, 11) is 0. The largest absolute Gasteiger partial charge is 0.468 e. The van der Waals surface area contributed by atoms with Crippen LogP contribution in [0.3, 0.4) is 0 Å². The number of piperazine rings is 1. The summed E-state index contributed by atoms with van der Waals surface area (Å²) >= 11 is 0. The van der Waals surface area contributed by atoms with Gasteiger partial charge in [-0.25, -0.2) is 4.68 Å². The quantitative estimate of drug-likeness (QED) is 0.387. The fourth-order valence-corrected chi connectivity index (χ4v) is 5.64. The smallest absolute Gasteiger partial charge is 0.253 e. The Balaban J connectivity index is 1.24. The first-order chi connectivity index (χ1) is 18.7. The van der Waals surface area contributed by atoms with Crippen LogP contribution >= 0.6 is 0 Å². The number of hydrogen-bond donors (Lipinski definition) is 1. The van der Waals surface area contributed by atoms with Gasteiger partial charge < -0.3 is 23.6 Å². The number of aromatic nitrogens is 5. The molecule has 4 aromatic rings. The minimum Gasteiger partial charge on any atom is -0.468 e. The summed E-state index contributed by atoms with van der Waals surface area (Å²) in [4.78, 5) is 21.3. The third-order valence-corrected chi connectivity index (χ3v) is 7.60. The molecule has 7 rings (SSSR count). The van der Waals surface area contributed by atoms with Crippen LogP contribution < -0.4 is 15.0 Å². The molecule has 1 aromatic carbocycles. The third kappa shape index (κ3) is 4.44. The highest BCUT2D eigenvalue weighted by Crippen LogP contribution is 2.36. The van der Waals surface area contributed by atoms with Gasteiger partial charge in [0.1, 0.15) is 11.8 Å². The van der Waals surface area contributed by atoms with Gasteiger partial charge in [-0.15, -0.1) is 5.10 Å². The lowest BCUT2D eigenvalue weighted by atomic mass is 10.0. The maximum absolute atomic E-state index is 13.6. The number of aromatic amines is 1. The molecule has 1 N–H and O–H groups in total. The molecule has 6 heterocycles. The van der Waals surface area contributed by atoms with Crippen molar-refractivity contribution >= 4 is 10.9 Å². The van der Waals surface area contributed by atoms with Crippen LogP contribution in [0.15, 0.2) is 45.8 Å². The number of fused-ring (bicyclic) bond motifs is 2. The van der Waals surface area contributed by atoms with Crippen LogP contribution in [0.25, 0.3) is 10.9 Å². The normalized spacial score (nSPS) is 20.9. The molecule has 2 saturated heterocycles. The molecular weight excluding hydrogens is 490 g/mol. The topological polar surface area (TPSA) is 124 Å². The second-order valence-corrected chi connectivity index (χ2v) is 9.99. The number of benzene rings is 1. The first kappa shape index (κ1) is 23.4. The van der Waals surface area contributed by atoms with Crippen LogP contribution in [0, 0.1) is 0 Å². The minimum absolute atomic E-state index is 0.0673. The maximum atomic E-state index is 13.6. The van der Waals surface area contributed by atoms with Crippen molar-refractivity contribution in [2.24, 2.45) is 0 Å². The van der Waals surface area contributed by atoms with Crippen LogP contribution in [0.5, 0.6) is 11.5 Å². The molecule has 3 aliphatic heterocycles. The van der Waals surface area contributed by atoms with E-state index in [1.807, 2.05) is 30.3 Å². The van der Waals surface area contributed by atoms with E-state index >= 15 is 0 Å². The number of rotatable bonds is 7. The zero-order chi connectivity index (χ0) is 25.5. The summed E-state index contributed by atoms with van der Waals surface area (Å²) in [5.41, 5.74) is 1.12. The molecule has 0 spiro atoms. The van der Waals surface area contributed by atoms with Gasteiger partial charge in [0.2, 0.25) is 6.79 Å². The zero-order valence-electron chi connectivity index (χ0n) is 20.9. The Kier molecular flexibility index (Phi) is 6.06. The highest BCUT2D eigenvalue weighted by atomic mass is 16.7. The predicted molar refractivity (Wildman–Crippen MR) is 135 cm³/mol. The summed E-state index contributed by atoms with van der Waals surface area (Å²) < 4.78 is 24.3. The first-order valence-corrected chi connectivity index (χ1v) is 13.0. The Morgan fingerprint density at radius 1 is 1.11 bits per heavy atom. The van der Waals surface area contributed by atoms with E-state index in [0.29, 0.717) is 34.9 Å². The molecule has 0 amide bonds. The van der Waals surface area contributed by atoms with Crippen molar-refractivity contribution in [2.75, 3.05) is 39.6 Å². The van der Waals surface area contributed by atoms with Crippen molar-refractivity contribution in [3.05, 3.63) is 64.1 Å². The third-order valence-electron chi connectivity index (χ3n) is 7.60. The molecule has 0 saturated carbocycles. The van der Waals surface area contributed by atoms with Crippen molar-refractivity contribution in [1.82, 2.24) is 35.0 Å². The Labute approximate surface area is 218 Å². The van der Waals surface area contributed by atoms with Gasteiger partial charge in [-0.05, 0) is 47.5 Å². The molecule has 0 unspecified atom stereocenters. The number of H-pyrrole nitrogens is 1. The van der Waals surface area contributed by atoms with Gasteiger partial charge in [-0.1, -0.05) is 0 Å². The number of tetrazole rings is 1. The number of hydrogen-bond acceptors (Lipinski definition) is 10. The van der Waals surface area contributed by atoms with Crippen LogP contribution in [-0.4, -0.2) is 80.7 Å². The Hall–Kier alpha value is -3.74. The standard InChI is InChI=1S/C26H29N7O5/c34-26-20(11-17-12-22-23(38-16-37-22)13-21(17)27-26)24(25-28-29-30-33(25)15-19-4-2-10-36-19)32-7-5-31(6-8-32)14-18-3-1-9-35-18/h1,3,9,11-13,19,24H,2,4-8,10,14-16H2,(H,27,34)/t19-,24+/m1/s1. The highest BCUT2D eigenvalue weighted by molar-refractivity contribution is 5.83. The number of nitrogens with zero attached hydrogens (tertiary/aromatic N) is 6. The SMILES string of the molecule is O=c1[nH]c2cc3c(cc2cc1[C@@H](c1nnnn1C[C@H]1CCCO1)N1CCN(Cc2ccco2)CC1)OCO3. The number of furan rings is 1. The van der Waals surface area contributed by atoms with Gasteiger partial charge in [0.05, 0.1) is 31.0 Å². The molecule has 38 heavy (non-hydrogen) atoms. The lowest BCUT2D eigenvalue weighted by Crippen LogP contribution is -2.48. The van der Waals surface area contributed by atoms with Crippen molar-refractivity contribution in [2.45, 2.75) is 38.1 Å². The van der Waals surface area contributed by atoms with Crippen LogP contribution in [0.1, 0.15) is 36.0 Å². The van der Waals surface area contributed by atoms with Gasteiger partial charge in [0.25, 0.3) is 5.56 Å². The first-order valence-electron chi connectivity index (χ1n) is 13.0. The molecule has 2 atom stereocenters. The second-order valence-electron chi connectivity index (χ2n) is 9.99. The summed E-state index contributed by atoms with van der Waals surface area (Å²) in [6.07, 6.45) is 3.77. The summed E-state index contributed by atoms with van der Waals surface area (Å²) in [5, 5.41) is 13.6. The van der Waals surface area contributed by atoms with E-state index in [-0.39, 0.29) is 18.5 Å². The predicted octanol–water partition coefficient (Wildman–Crippen LogP) is 1.92. The maximum Gasteiger partial charge on any atom is 0.253 e. The number of pyridine rings is 1. The summed E-state index contributed by atoms with van der Waals surface area (Å²) in [6, 6.07) is 9.14. The van der Waals surface area contributed by atoms with E-state index in [2.05, 4.69) is 30.3 Å². The molecule has 0 aliphatic carbocycles. The lowest BCUT2D eigenvalue weighted by Gasteiger charge is -2.38. The van der Waals surface area contributed by atoms with Crippen LogP contribution in [-0.2, 0) is 17.8 Å². The van der Waals surface area contributed by atoms with Crippen molar-refractivity contribution in [3.8, 4) is 11.5 Å². The van der Waals surface area contributed by atoms with E-state index in [0.717, 1.165) is 63.3 Å². The van der Waals surface area contributed by atoms with Gasteiger partial charge in [0.15, 0.2) is 17.3 Å². The molecule has 3 aromatic heterocycles. The average Bonchev–Trinajstić information content (AvgIpc) is 3.74. The lowest BCUT2D eigenvalue weighted by molar-refractivity contribution is 0.0825. The number of nitrogens with one attached hydrogen (secondary N) is 1. The Morgan fingerprint density at radius 3 is 2.76 bits per heavy atom. The molecular formula is C26H29N7O5. The summed E-state index contributed by atoms with van der Waals surface area (Å²) in [6.45, 7) is 5.39. The molecule has 198 valence electrons. The van der Waals surface area contributed by atoms with Gasteiger partial charge in [-0.2, -0.15) is 0 Å². The van der Waals surface area contributed by atoms with E-state index in [9.17, 15) is 4.79 Å². The van der Waals surface area contributed by atoms with Crippen molar-refractivity contribution < 1.29 is 18.6 Å². The average molecular weight is 520 g/mol. The molecule has 0 bridgehead atoms. The van der Waals surface area contributed by atoms with Gasteiger partial charge in [-0.3, -0.25) is 14.6 Å². The molecule has 0 radical (unpaired) electrons. The van der Waals surface area contributed by atoms with Gasteiger partial charge >= 0.3 is 0 Å². The summed E-state index contributed by atoms with van der Waals surface area (Å²) in [5.74, 6) is 2.89. The zero-order valence-corrected chi connectivity index (χ0v) is 20.9. The fraction of sp³-hybridized carbons (Fsp3) is 0.462. The van der Waals surface area contributed by atoms with Gasteiger partial charge in [0, 0.05) is 49.8 Å². The van der Waals surface area contributed by atoms with Crippen molar-refractivity contribution in [3.63, 3.8) is 0 Å². The van der Waals surface area contributed by atoms with Crippen LogP contribution in [0.4, 0.5) is 0 Å². The Morgan fingerprint density at radius 2 is 1.97 bits per heavy atom.